The van der Waals surface area contributed by atoms with Crippen molar-refractivity contribution in [1.82, 2.24) is 23.1 Å². The minimum absolute atomic E-state index is 0.136. The van der Waals surface area contributed by atoms with E-state index < -0.39 is 0 Å². The van der Waals surface area contributed by atoms with E-state index in [9.17, 15) is 9.59 Å². The first-order valence-electron chi connectivity index (χ1n) is 12.1. The van der Waals surface area contributed by atoms with Gasteiger partial charge in [0, 0.05) is 37.1 Å². The SMILES string of the molecule is Cc1cccc(-n2c(C34CC5CC(CC(C5)C3)C4)cn3c4c(=O)n(C)c(=O)n(C)c4nc23)c1. The van der Waals surface area contributed by atoms with Crippen molar-refractivity contribution in [3.63, 3.8) is 0 Å². The number of benzene rings is 1. The summed E-state index contributed by atoms with van der Waals surface area (Å²) >= 11 is 0. The molecule has 0 aliphatic heterocycles. The molecule has 0 unspecified atom stereocenters. The number of fused-ring (bicyclic) bond motifs is 3. The summed E-state index contributed by atoms with van der Waals surface area (Å²) in [4.78, 5) is 30.7. The van der Waals surface area contributed by atoms with Crippen LogP contribution in [0.5, 0.6) is 0 Å². The van der Waals surface area contributed by atoms with Crippen molar-refractivity contribution in [1.29, 1.82) is 0 Å². The van der Waals surface area contributed by atoms with Crippen LogP contribution in [0.15, 0.2) is 40.1 Å². The van der Waals surface area contributed by atoms with E-state index in [4.69, 9.17) is 4.98 Å². The van der Waals surface area contributed by atoms with Crippen LogP contribution in [-0.4, -0.2) is 23.1 Å². The fourth-order valence-electron chi connectivity index (χ4n) is 7.79. The van der Waals surface area contributed by atoms with E-state index in [2.05, 4.69) is 42.0 Å². The van der Waals surface area contributed by atoms with Gasteiger partial charge in [0.05, 0.1) is 0 Å². The number of imidazole rings is 2. The third kappa shape index (κ3) is 2.48. The molecule has 4 aromatic rings. The number of hydrogen-bond donors (Lipinski definition) is 0. The van der Waals surface area contributed by atoms with Crippen LogP contribution in [0.1, 0.15) is 49.8 Å². The molecule has 33 heavy (non-hydrogen) atoms. The van der Waals surface area contributed by atoms with Crippen molar-refractivity contribution in [2.45, 2.75) is 50.9 Å². The van der Waals surface area contributed by atoms with Crippen LogP contribution in [0.25, 0.3) is 22.6 Å². The van der Waals surface area contributed by atoms with E-state index in [0.717, 1.165) is 29.2 Å². The van der Waals surface area contributed by atoms with Gasteiger partial charge in [0.25, 0.3) is 5.56 Å². The van der Waals surface area contributed by atoms with Crippen molar-refractivity contribution in [3.8, 4) is 5.69 Å². The van der Waals surface area contributed by atoms with E-state index >= 15 is 0 Å². The molecular formula is C26H29N5O2. The van der Waals surface area contributed by atoms with Gasteiger partial charge in [0.2, 0.25) is 5.78 Å². The average molecular weight is 444 g/mol. The molecule has 4 aliphatic rings. The first-order chi connectivity index (χ1) is 15.8. The number of rotatable bonds is 2. The number of aryl methyl sites for hydroxylation is 2. The van der Waals surface area contributed by atoms with Gasteiger partial charge in [0.15, 0.2) is 11.2 Å². The van der Waals surface area contributed by atoms with Gasteiger partial charge in [0.1, 0.15) is 0 Å². The van der Waals surface area contributed by atoms with Gasteiger partial charge in [-0.05, 0) is 80.9 Å². The van der Waals surface area contributed by atoms with E-state index in [1.165, 1.54) is 58.9 Å². The van der Waals surface area contributed by atoms with Crippen LogP contribution in [-0.2, 0) is 19.5 Å². The standard InChI is InChI=1S/C26H29N5O2/c1-15-5-4-6-19(7-15)31-20(26-11-16-8-17(12-26)10-18(9-16)13-26)14-30-21-22(27-24(30)31)28(2)25(33)29(3)23(21)32/h4-7,14,16-18H,8-13H2,1-3H3. The third-order valence-corrected chi connectivity index (χ3v) is 8.81. The Bertz CT molecular complexity index is 1540. The molecule has 0 saturated heterocycles. The normalized spacial score (nSPS) is 28.4. The summed E-state index contributed by atoms with van der Waals surface area (Å²) in [5, 5.41) is 0. The van der Waals surface area contributed by atoms with E-state index in [1.807, 2.05) is 4.40 Å². The van der Waals surface area contributed by atoms with E-state index in [1.54, 1.807) is 14.1 Å². The molecule has 0 N–H and O–H groups in total. The Hall–Kier alpha value is -3.09. The molecule has 7 nitrogen and oxygen atoms in total. The molecule has 7 heteroatoms. The minimum Gasteiger partial charge on any atom is -0.282 e. The van der Waals surface area contributed by atoms with Gasteiger partial charge in [-0.25, -0.2) is 4.79 Å². The molecule has 1 aromatic carbocycles. The lowest BCUT2D eigenvalue weighted by molar-refractivity contribution is -0.00786. The van der Waals surface area contributed by atoms with Gasteiger partial charge < -0.3 is 0 Å². The van der Waals surface area contributed by atoms with Crippen molar-refractivity contribution in [2.75, 3.05) is 0 Å². The van der Waals surface area contributed by atoms with Gasteiger partial charge >= 0.3 is 5.69 Å². The lowest BCUT2D eigenvalue weighted by atomic mass is 9.49. The van der Waals surface area contributed by atoms with Crippen LogP contribution in [0.3, 0.4) is 0 Å². The Morgan fingerprint density at radius 1 is 0.970 bits per heavy atom. The zero-order valence-electron chi connectivity index (χ0n) is 19.4. The van der Waals surface area contributed by atoms with Gasteiger partial charge in [-0.2, -0.15) is 4.98 Å². The number of hydrogen-bond acceptors (Lipinski definition) is 3. The summed E-state index contributed by atoms with van der Waals surface area (Å²) in [6.45, 7) is 2.11. The van der Waals surface area contributed by atoms with Crippen molar-refractivity contribution < 1.29 is 0 Å². The predicted octanol–water partition coefficient (Wildman–Crippen LogP) is 3.45. The highest BCUT2D eigenvalue weighted by Gasteiger charge is 2.53. The Balaban J connectivity index is 1.59. The van der Waals surface area contributed by atoms with Gasteiger partial charge in [-0.3, -0.25) is 22.9 Å². The monoisotopic (exact) mass is 443 g/mol. The van der Waals surface area contributed by atoms with Crippen molar-refractivity contribution in [2.24, 2.45) is 31.8 Å². The molecule has 4 fully saturated rings. The summed E-state index contributed by atoms with van der Waals surface area (Å²) in [6, 6.07) is 8.52. The highest BCUT2D eigenvalue weighted by atomic mass is 16.2. The smallest absolute Gasteiger partial charge is 0.282 e. The van der Waals surface area contributed by atoms with Crippen molar-refractivity contribution in [3.05, 3.63) is 62.6 Å². The molecule has 170 valence electrons. The second-order valence-corrected chi connectivity index (χ2v) is 11.0. The Morgan fingerprint density at radius 3 is 2.27 bits per heavy atom. The second-order valence-electron chi connectivity index (χ2n) is 11.0. The number of aromatic nitrogens is 5. The van der Waals surface area contributed by atoms with Crippen LogP contribution < -0.4 is 11.2 Å². The molecule has 0 spiro atoms. The lowest BCUT2D eigenvalue weighted by Gasteiger charge is -2.56. The Morgan fingerprint density at radius 2 is 1.64 bits per heavy atom. The van der Waals surface area contributed by atoms with Gasteiger partial charge in [-0.1, -0.05) is 12.1 Å². The Labute approximate surface area is 191 Å². The average Bonchev–Trinajstić information content (AvgIpc) is 3.32. The molecule has 4 aliphatic carbocycles. The zero-order chi connectivity index (χ0) is 22.6. The van der Waals surface area contributed by atoms with E-state index in [0.29, 0.717) is 11.2 Å². The molecule has 3 heterocycles. The maximum absolute atomic E-state index is 13.2. The first kappa shape index (κ1) is 19.4. The van der Waals surface area contributed by atoms with E-state index in [-0.39, 0.29) is 16.7 Å². The van der Waals surface area contributed by atoms with Crippen LogP contribution >= 0.6 is 0 Å². The molecule has 4 saturated carbocycles. The Kier molecular flexibility index (Phi) is 3.69. The zero-order valence-corrected chi connectivity index (χ0v) is 19.4. The quantitative estimate of drug-likeness (QED) is 0.477. The summed E-state index contributed by atoms with van der Waals surface area (Å²) < 4.78 is 6.90. The molecule has 4 bridgehead atoms. The van der Waals surface area contributed by atoms with Crippen LogP contribution in [0, 0.1) is 24.7 Å². The summed E-state index contributed by atoms with van der Waals surface area (Å²) in [5.41, 5.74) is 3.96. The predicted molar refractivity (Wildman–Crippen MR) is 127 cm³/mol. The fourth-order valence-corrected chi connectivity index (χ4v) is 7.79. The second kappa shape index (κ2) is 6.27. The minimum atomic E-state index is -0.350. The fraction of sp³-hybridized carbons (Fsp3) is 0.500. The molecule has 0 radical (unpaired) electrons. The maximum Gasteiger partial charge on any atom is 0.332 e. The first-order valence-corrected chi connectivity index (χ1v) is 12.1. The van der Waals surface area contributed by atoms with Crippen LogP contribution in [0.2, 0.25) is 0 Å². The highest BCUT2D eigenvalue weighted by molar-refractivity contribution is 5.76. The van der Waals surface area contributed by atoms with Gasteiger partial charge in [-0.15, -0.1) is 0 Å². The van der Waals surface area contributed by atoms with Crippen LogP contribution in [0.4, 0.5) is 0 Å². The molecule has 8 rings (SSSR count). The molecule has 0 atom stereocenters. The summed E-state index contributed by atoms with van der Waals surface area (Å²) in [7, 11) is 3.23. The summed E-state index contributed by atoms with van der Waals surface area (Å²) in [6.07, 6.45) is 10.0. The van der Waals surface area contributed by atoms with Crippen molar-refractivity contribution >= 4 is 16.9 Å². The number of nitrogens with zero attached hydrogens (tertiary/aromatic N) is 5. The molecule has 3 aromatic heterocycles. The lowest BCUT2D eigenvalue weighted by Crippen LogP contribution is -2.49. The molecule has 0 amide bonds. The molecular weight excluding hydrogens is 414 g/mol. The largest absolute Gasteiger partial charge is 0.332 e. The topological polar surface area (TPSA) is 66.2 Å². The maximum atomic E-state index is 13.2. The highest BCUT2D eigenvalue weighted by Crippen LogP contribution is 2.61. The third-order valence-electron chi connectivity index (χ3n) is 8.81. The summed E-state index contributed by atoms with van der Waals surface area (Å²) in [5.74, 6) is 3.17.